The van der Waals surface area contributed by atoms with E-state index in [1.165, 1.54) is 4.57 Å². The van der Waals surface area contributed by atoms with Gasteiger partial charge in [0.15, 0.2) is 5.65 Å². The number of hydrogen-bond acceptors (Lipinski definition) is 4. The van der Waals surface area contributed by atoms with Crippen LogP contribution in [0.1, 0.15) is 17.3 Å². The Morgan fingerprint density at radius 3 is 2.76 bits per heavy atom. The van der Waals surface area contributed by atoms with Crippen molar-refractivity contribution in [1.29, 1.82) is 0 Å². The van der Waals surface area contributed by atoms with Crippen molar-refractivity contribution in [2.24, 2.45) is 0 Å². The second-order valence-electron chi connectivity index (χ2n) is 4.41. The van der Waals surface area contributed by atoms with Crippen LogP contribution in [0, 0.1) is 0 Å². The van der Waals surface area contributed by atoms with Gasteiger partial charge in [0.25, 0.3) is 0 Å². The summed E-state index contributed by atoms with van der Waals surface area (Å²) in [5, 5.41) is 0. The largest absolute Gasteiger partial charge is 0.462 e. The highest BCUT2D eigenvalue weighted by atomic mass is 16.5. The van der Waals surface area contributed by atoms with Crippen LogP contribution in [0.3, 0.4) is 0 Å². The Morgan fingerprint density at radius 2 is 2.05 bits per heavy atom. The third-order valence-corrected chi connectivity index (χ3v) is 3.08. The number of rotatable bonds is 3. The molecule has 0 amide bonds. The first kappa shape index (κ1) is 13.1. The molecule has 1 aromatic carbocycles. The lowest BCUT2D eigenvalue weighted by Crippen LogP contribution is -2.15. The molecule has 0 spiro atoms. The summed E-state index contributed by atoms with van der Waals surface area (Å²) in [7, 11) is 0. The predicted octanol–water partition coefficient (Wildman–Crippen LogP) is 1.89. The predicted molar refractivity (Wildman–Crippen MR) is 77.6 cm³/mol. The van der Waals surface area contributed by atoms with Crippen LogP contribution in [-0.2, 0) is 4.74 Å². The third-order valence-electron chi connectivity index (χ3n) is 3.08. The number of nitrogens with one attached hydrogen (secondary N) is 1. The number of ether oxygens (including phenoxy) is 1. The van der Waals surface area contributed by atoms with Crippen LogP contribution in [-0.4, -0.2) is 27.1 Å². The van der Waals surface area contributed by atoms with Crippen LogP contribution in [0.5, 0.6) is 0 Å². The summed E-state index contributed by atoms with van der Waals surface area (Å²) in [5.41, 5.74) is 2.02. The van der Waals surface area contributed by atoms with E-state index in [9.17, 15) is 9.59 Å². The Morgan fingerprint density at radius 1 is 1.29 bits per heavy atom. The maximum absolute atomic E-state index is 12.0. The summed E-state index contributed by atoms with van der Waals surface area (Å²) in [6.07, 6.45) is 1.62. The van der Waals surface area contributed by atoms with Gasteiger partial charge in [-0.1, -0.05) is 0 Å². The van der Waals surface area contributed by atoms with Crippen molar-refractivity contribution in [3.8, 4) is 5.69 Å². The second-order valence-corrected chi connectivity index (χ2v) is 4.41. The number of H-pyrrole nitrogens is 1. The number of esters is 1. The molecule has 2 heterocycles. The molecular weight excluding hydrogens is 270 g/mol. The van der Waals surface area contributed by atoms with Crippen LogP contribution < -0.4 is 5.69 Å². The number of carbonyl (C=O) groups is 1. The van der Waals surface area contributed by atoms with Crippen molar-refractivity contribution in [1.82, 2.24) is 14.5 Å². The summed E-state index contributed by atoms with van der Waals surface area (Å²) in [6.45, 7) is 2.08. The average Bonchev–Trinajstić information content (AvgIpc) is 2.83. The molecule has 0 fully saturated rings. The molecule has 0 aliphatic carbocycles. The van der Waals surface area contributed by atoms with E-state index in [1.54, 1.807) is 49.5 Å². The number of imidazole rings is 1. The van der Waals surface area contributed by atoms with Crippen molar-refractivity contribution in [3.63, 3.8) is 0 Å². The van der Waals surface area contributed by atoms with Gasteiger partial charge in [-0.2, -0.15) is 0 Å². The smallest absolute Gasteiger partial charge is 0.338 e. The molecule has 6 nitrogen and oxygen atoms in total. The summed E-state index contributed by atoms with van der Waals surface area (Å²) in [6, 6.07) is 10.2. The normalized spacial score (nSPS) is 10.7. The Hall–Kier alpha value is -2.89. The van der Waals surface area contributed by atoms with Crippen LogP contribution in [0.4, 0.5) is 0 Å². The Labute approximate surface area is 120 Å². The summed E-state index contributed by atoms with van der Waals surface area (Å²) < 4.78 is 6.39. The van der Waals surface area contributed by atoms with E-state index in [1.807, 2.05) is 0 Å². The van der Waals surface area contributed by atoms with E-state index in [2.05, 4.69) is 9.97 Å². The van der Waals surface area contributed by atoms with Crippen LogP contribution in [0.2, 0.25) is 0 Å². The SMILES string of the molecule is CCOC(=O)c1ccc(-n2c(=O)[nH]c3cccnc32)cc1. The fourth-order valence-electron chi connectivity index (χ4n) is 2.14. The zero-order valence-corrected chi connectivity index (χ0v) is 11.4. The van der Waals surface area contributed by atoms with Gasteiger partial charge in [0, 0.05) is 6.20 Å². The molecule has 3 aromatic rings. The lowest BCUT2D eigenvalue weighted by Gasteiger charge is -2.05. The van der Waals surface area contributed by atoms with Crippen molar-refractivity contribution < 1.29 is 9.53 Å². The van der Waals surface area contributed by atoms with Gasteiger partial charge in [-0.05, 0) is 43.3 Å². The highest BCUT2D eigenvalue weighted by molar-refractivity contribution is 5.89. The molecule has 1 N–H and O–H groups in total. The summed E-state index contributed by atoms with van der Waals surface area (Å²) in [5.74, 6) is -0.381. The fourth-order valence-corrected chi connectivity index (χ4v) is 2.14. The van der Waals surface area contributed by atoms with E-state index >= 15 is 0 Å². The lowest BCUT2D eigenvalue weighted by atomic mass is 10.2. The standard InChI is InChI=1S/C15H13N3O3/c1-2-21-14(19)10-5-7-11(8-6-10)18-13-12(17-15(18)20)4-3-9-16-13/h3-9H,2H2,1H3,(H,17,20). The summed E-state index contributed by atoms with van der Waals surface area (Å²) >= 11 is 0. The van der Waals surface area contributed by atoms with E-state index < -0.39 is 0 Å². The van der Waals surface area contributed by atoms with Crippen LogP contribution in [0.15, 0.2) is 47.4 Å². The highest BCUT2D eigenvalue weighted by Crippen LogP contribution is 2.14. The van der Waals surface area contributed by atoms with Crippen molar-refractivity contribution in [3.05, 3.63) is 58.6 Å². The Bertz CT molecular complexity index is 846. The molecule has 0 bridgehead atoms. The maximum atomic E-state index is 12.0. The van der Waals surface area contributed by atoms with Gasteiger partial charge >= 0.3 is 11.7 Å². The van der Waals surface area contributed by atoms with E-state index in [-0.39, 0.29) is 11.7 Å². The van der Waals surface area contributed by atoms with Gasteiger partial charge in [0.05, 0.1) is 23.4 Å². The molecule has 0 unspecified atom stereocenters. The minimum Gasteiger partial charge on any atom is -0.462 e. The molecule has 106 valence electrons. The van der Waals surface area contributed by atoms with Crippen molar-refractivity contribution in [2.75, 3.05) is 6.61 Å². The first-order valence-corrected chi connectivity index (χ1v) is 6.54. The van der Waals surface area contributed by atoms with E-state index in [0.29, 0.717) is 29.0 Å². The lowest BCUT2D eigenvalue weighted by molar-refractivity contribution is 0.0526. The molecule has 2 aromatic heterocycles. The van der Waals surface area contributed by atoms with Gasteiger partial charge in [0.2, 0.25) is 0 Å². The quantitative estimate of drug-likeness (QED) is 0.745. The highest BCUT2D eigenvalue weighted by Gasteiger charge is 2.11. The number of hydrogen-bond donors (Lipinski definition) is 1. The molecule has 21 heavy (non-hydrogen) atoms. The number of benzene rings is 1. The topological polar surface area (TPSA) is 77.0 Å². The van der Waals surface area contributed by atoms with Gasteiger partial charge in [-0.3, -0.25) is 0 Å². The fraction of sp³-hybridized carbons (Fsp3) is 0.133. The van der Waals surface area contributed by atoms with Gasteiger partial charge in [-0.25, -0.2) is 19.1 Å². The minimum absolute atomic E-state index is 0.271. The number of carbonyl (C=O) groups excluding carboxylic acids is 1. The average molecular weight is 283 g/mol. The number of aromatic nitrogens is 3. The number of aromatic amines is 1. The molecule has 0 saturated carbocycles. The molecule has 0 aliphatic rings. The second kappa shape index (κ2) is 5.24. The van der Waals surface area contributed by atoms with Crippen molar-refractivity contribution >= 4 is 17.1 Å². The van der Waals surface area contributed by atoms with E-state index in [4.69, 9.17) is 4.74 Å². The molecule has 6 heteroatoms. The van der Waals surface area contributed by atoms with Gasteiger partial charge < -0.3 is 9.72 Å². The number of nitrogens with zero attached hydrogens (tertiary/aromatic N) is 2. The Kier molecular flexibility index (Phi) is 3.27. The molecular formula is C15H13N3O3. The zero-order chi connectivity index (χ0) is 14.8. The van der Waals surface area contributed by atoms with Crippen LogP contribution >= 0.6 is 0 Å². The zero-order valence-electron chi connectivity index (χ0n) is 11.4. The van der Waals surface area contributed by atoms with Gasteiger partial charge in [-0.15, -0.1) is 0 Å². The molecule has 0 saturated heterocycles. The number of pyridine rings is 1. The molecule has 0 aliphatic heterocycles. The first-order valence-electron chi connectivity index (χ1n) is 6.54. The van der Waals surface area contributed by atoms with Gasteiger partial charge in [0.1, 0.15) is 0 Å². The van der Waals surface area contributed by atoms with Crippen molar-refractivity contribution in [2.45, 2.75) is 6.92 Å². The monoisotopic (exact) mass is 283 g/mol. The third kappa shape index (κ3) is 2.31. The maximum Gasteiger partial charge on any atom is 0.338 e. The minimum atomic E-state index is -0.381. The van der Waals surface area contributed by atoms with Crippen LogP contribution in [0.25, 0.3) is 16.9 Å². The summed E-state index contributed by atoms with van der Waals surface area (Å²) in [4.78, 5) is 30.6. The first-order chi connectivity index (χ1) is 10.2. The molecule has 3 rings (SSSR count). The van der Waals surface area contributed by atoms with E-state index in [0.717, 1.165) is 0 Å². The molecule has 0 atom stereocenters. The Balaban J connectivity index is 2.05. The number of fused-ring (bicyclic) bond motifs is 1. The molecule has 0 radical (unpaired) electrons.